The Morgan fingerprint density at radius 3 is 2.58 bits per heavy atom. The predicted octanol–water partition coefficient (Wildman–Crippen LogP) is 1.05. The lowest BCUT2D eigenvalue weighted by Crippen LogP contribution is -2.70. The van der Waals surface area contributed by atoms with E-state index in [1.54, 1.807) is 12.1 Å². The molecule has 0 aromatic heterocycles. The molecule has 1 aromatic carbocycles. The van der Waals surface area contributed by atoms with Crippen LogP contribution in [-0.2, 0) is 11.2 Å². The van der Waals surface area contributed by atoms with E-state index in [4.69, 9.17) is 10.5 Å². The van der Waals surface area contributed by atoms with E-state index in [2.05, 4.69) is 45.3 Å². The van der Waals surface area contributed by atoms with Crippen LogP contribution in [0.5, 0.6) is 0 Å². The molecule has 14 heteroatoms. The van der Waals surface area contributed by atoms with E-state index < -0.39 is 36.6 Å². The summed E-state index contributed by atoms with van der Waals surface area (Å²) in [5.74, 6) is 0.549. The van der Waals surface area contributed by atoms with Gasteiger partial charge in [0, 0.05) is 25.3 Å². The van der Waals surface area contributed by atoms with Gasteiger partial charge in [-0.25, -0.2) is 4.90 Å². The molecule has 6 rings (SSSR count). The number of ether oxygens (including phenoxy) is 1. The molecular formula is C29H47F3N8O3. The van der Waals surface area contributed by atoms with E-state index in [-0.39, 0.29) is 36.1 Å². The lowest BCUT2D eigenvalue weighted by molar-refractivity contribution is -0.186. The number of aliphatic hydroxyl groups is 2. The van der Waals surface area contributed by atoms with Crippen LogP contribution in [0.1, 0.15) is 52.0 Å². The molecule has 1 aromatic rings. The number of hydrogen-bond donors (Lipinski definition) is 8. The molecule has 8 atom stereocenters. The van der Waals surface area contributed by atoms with Gasteiger partial charge in [-0.2, -0.15) is 13.2 Å². The van der Waals surface area contributed by atoms with E-state index in [0.717, 1.165) is 37.1 Å². The van der Waals surface area contributed by atoms with Gasteiger partial charge in [0.05, 0.1) is 49.0 Å². The van der Waals surface area contributed by atoms with Crippen molar-refractivity contribution in [1.82, 2.24) is 25.8 Å². The summed E-state index contributed by atoms with van der Waals surface area (Å²) in [4.78, 5) is 4.42. The Morgan fingerprint density at radius 2 is 1.86 bits per heavy atom. The average molecular weight is 613 g/mol. The molecule has 4 heterocycles. The van der Waals surface area contributed by atoms with Gasteiger partial charge in [0.25, 0.3) is 0 Å². The fraction of sp³-hybridized carbons (Fsp3) is 0.793. The van der Waals surface area contributed by atoms with Crippen molar-refractivity contribution in [3.8, 4) is 0 Å². The van der Waals surface area contributed by atoms with Gasteiger partial charge in [-0.1, -0.05) is 6.07 Å². The van der Waals surface area contributed by atoms with Crippen molar-refractivity contribution >= 4 is 11.4 Å². The Kier molecular flexibility index (Phi) is 8.63. The van der Waals surface area contributed by atoms with Crippen molar-refractivity contribution in [2.75, 3.05) is 30.5 Å². The van der Waals surface area contributed by atoms with Crippen LogP contribution >= 0.6 is 0 Å². The summed E-state index contributed by atoms with van der Waals surface area (Å²) in [7, 11) is 0. The number of aliphatic hydroxyl groups excluding tert-OH is 2. The molecule has 9 N–H and O–H groups in total. The molecule has 4 aliphatic heterocycles. The second-order valence-corrected chi connectivity index (χ2v) is 13.4. The number of nitrogens with zero attached hydrogens (tertiary/aromatic N) is 2. The maximum absolute atomic E-state index is 12.8. The average Bonchev–Trinajstić information content (AvgIpc) is 3.58. The third-order valence-electron chi connectivity index (χ3n) is 10.2. The van der Waals surface area contributed by atoms with Gasteiger partial charge in [0.2, 0.25) is 0 Å². The van der Waals surface area contributed by atoms with Crippen molar-refractivity contribution in [3.63, 3.8) is 0 Å². The van der Waals surface area contributed by atoms with Crippen LogP contribution in [0.4, 0.5) is 24.5 Å². The quantitative estimate of drug-likeness (QED) is 0.203. The number of fused-ring (bicyclic) bond motifs is 2. The van der Waals surface area contributed by atoms with E-state index >= 15 is 0 Å². The standard InChI is InChI=1S/C29H47F3N8O3/c1-15(2)39(12-21-24(41)25(42)28(3,43-21)40-14-36-23-26(33)34-13-35-27(23)40)18-8-16(9-18)5-7-22-37-19-6-4-17(10-20(19)38-22)11-29(30,31)32/h4,6,10,15-16,18,21-27,34-38,41-42H,5,7-9,11-14,33H2,1-3H3. The first-order valence-corrected chi connectivity index (χ1v) is 15.6. The topological polar surface area (TPSA) is 142 Å². The zero-order valence-corrected chi connectivity index (χ0v) is 25.1. The second-order valence-electron chi connectivity index (χ2n) is 13.4. The summed E-state index contributed by atoms with van der Waals surface area (Å²) >= 11 is 0. The number of anilines is 2. The maximum Gasteiger partial charge on any atom is 0.393 e. The minimum absolute atomic E-state index is 0.00116. The van der Waals surface area contributed by atoms with Crippen molar-refractivity contribution in [2.24, 2.45) is 11.7 Å². The van der Waals surface area contributed by atoms with E-state index in [0.29, 0.717) is 31.8 Å². The molecular weight excluding hydrogens is 565 g/mol. The van der Waals surface area contributed by atoms with Gasteiger partial charge in [-0.3, -0.25) is 20.9 Å². The largest absolute Gasteiger partial charge is 0.393 e. The summed E-state index contributed by atoms with van der Waals surface area (Å²) < 4.78 is 44.9. The third-order valence-corrected chi connectivity index (χ3v) is 10.2. The molecule has 5 aliphatic rings. The SMILES string of the molecule is CC(C)N(CC1OC(C)(N2CNC3C(N)NCNC32)C(O)C1O)C1CC(CCC2Nc3ccc(CC(F)(F)F)cc3N2)C1. The van der Waals surface area contributed by atoms with Gasteiger partial charge in [0.15, 0.2) is 0 Å². The monoisotopic (exact) mass is 612 g/mol. The highest BCUT2D eigenvalue weighted by molar-refractivity contribution is 5.75. The van der Waals surface area contributed by atoms with Crippen LogP contribution in [0.15, 0.2) is 18.2 Å². The molecule has 242 valence electrons. The zero-order chi connectivity index (χ0) is 30.7. The van der Waals surface area contributed by atoms with Crippen LogP contribution in [0.2, 0.25) is 0 Å². The highest BCUT2D eigenvalue weighted by Gasteiger charge is 2.59. The highest BCUT2D eigenvalue weighted by atomic mass is 19.4. The molecule has 1 saturated carbocycles. The summed E-state index contributed by atoms with van der Waals surface area (Å²) in [5.41, 5.74) is 7.00. The molecule has 0 radical (unpaired) electrons. The number of benzene rings is 1. The summed E-state index contributed by atoms with van der Waals surface area (Å²) in [6.45, 7) is 7.69. The molecule has 43 heavy (non-hydrogen) atoms. The Balaban J connectivity index is 0.995. The van der Waals surface area contributed by atoms with Crippen molar-refractivity contribution in [1.29, 1.82) is 0 Å². The zero-order valence-electron chi connectivity index (χ0n) is 25.1. The fourth-order valence-electron chi connectivity index (χ4n) is 7.69. The van der Waals surface area contributed by atoms with Gasteiger partial charge in [-0.05, 0) is 70.1 Å². The van der Waals surface area contributed by atoms with E-state index in [1.165, 1.54) is 6.07 Å². The Bertz CT molecular complexity index is 1140. The molecule has 3 saturated heterocycles. The maximum atomic E-state index is 12.8. The number of nitrogens with two attached hydrogens (primary N) is 1. The van der Waals surface area contributed by atoms with Crippen LogP contribution < -0.4 is 32.3 Å². The third kappa shape index (κ3) is 6.23. The summed E-state index contributed by atoms with van der Waals surface area (Å²) in [5, 5.41) is 39.1. The summed E-state index contributed by atoms with van der Waals surface area (Å²) in [6.07, 6.45) is -4.20. The first kappa shape index (κ1) is 31.2. The lowest BCUT2D eigenvalue weighted by Gasteiger charge is -2.46. The highest BCUT2D eigenvalue weighted by Crippen LogP contribution is 2.41. The Labute approximate surface area is 251 Å². The van der Waals surface area contributed by atoms with Gasteiger partial charge >= 0.3 is 6.18 Å². The van der Waals surface area contributed by atoms with Crippen LogP contribution in [0.25, 0.3) is 0 Å². The van der Waals surface area contributed by atoms with Crippen molar-refractivity contribution in [3.05, 3.63) is 23.8 Å². The first-order chi connectivity index (χ1) is 20.3. The number of rotatable bonds is 9. The molecule has 0 amide bonds. The number of hydrogen-bond acceptors (Lipinski definition) is 11. The second kappa shape index (κ2) is 11.9. The van der Waals surface area contributed by atoms with Crippen LogP contribution in [0, 0.1) is 5.92 Å². The first-order valence-electron chi connectivity index (χ1n) is 15.6. The van der Waals surface area contributed by atoms with Crippen LogP contribution in [0.3, 0.4) is 0 Å². The molecule has 1 aliphatic carbocycles. The fourth-order valence-corrected chi connectivity index (χ4v) is 7.69. The summed E-state index contributed by atoms with van der Waals surface area (Å²) in [6, 6.07) is 5.40. The van der Waals surface area contributed by atoms with Gasteiger partial charge in [0.1, 0.15) is 24.0 Å². The lowest BCUT2D eigenvalue weighted by atomic mass is 9.76. The van der Waals surface area contributed by atoms with Gasteiger partial charge < -0.3 is 31.3 Å². The molecule has 11 nitrogen and oxygen atoms in total. The molecule has 8 unspecified atom stereocenters. The van der Waals surface area contributed by atoms with Crippen LogP contribution in [-0.4, -0.2) is 107 Å². The predicted molar refractivity (Wildman–Crippen MR) is 157 cm³/mol. The Hall–Kier alpha value is -1.75. The number of alkyl halides is 3. The van der Waals surface area contributed by atoms with E-state index in [9.17, 15) is 23.4 Å². The smallest absolute Gasteiger partial charge is 0.387 e. The number of nitrogens with one attached hydrogen (secondary N) is 5. The molecule has 0 bridgehead atoms. The van der Waals surface area contributed by atoms with E-state index in [1.807, 2.05) is 11.8 Å². The normalized spacial score (nSPS) is 39.5. The minimum Gasteiger partial charge on any atom is -0.387 e. The van der Waals surface area contributed by atoms with Crippen molar-refractivity contribution in [2.45, 2.75) is 120 Å². The van der Waals surface area contributed by atoms with Crippen molar-refractivity contribution < 1.29 is 28.1 Å². The molecule has 4 fully saturated rings. The van der Waals surface area contributed by atoms with Gasteiger partial charge in [-0.15, -0.1) is 0 Å². The Morgan fingerprint density at radius 1 is 1.12 bits per heavy atom. The molecule has 0 spiro atoms. The number of halogens is 3. The minimum atomic E-state index is -4.22.